The van der Waals surface area contributed by atoms with Gasteiger partial charge in [-0.25, -0.2) is 0 Å². The van der Waals surface area contributed by atoms with Crippen molar-refractivity contribution in [2.24, 2.45) is 28.8 Å². The Morgan fingerprint density at radius 3 is 2.23 bits per heavy atom. The fraction of sp³-hybridized carbons (Fsp3) is 0.346. The summed E-state index contributed by atoms with van der Waals surface area (Å²) in [6, 6.07) is 11.4. The lowest BCUT2D eigenvalue weighted by molar-refractivity contribution is -0.384. The first-order chi connectivity index (χ1) is 17.0. The number of hydrogen-bond donors (Lipinski definition) is 0. The Morgan fingerprint density at radius 1 is 1.00 bits per heavy atom. The Bertz CT molecular complexity index is 1190. The molecule has 1 saturated carbocycles. The summed E-state index contributed by atoms with van der Waals surface area (Å²) in [5.74, 6) is 0.219. The third-order valence-corrected chi connectivity index (χ3v) is 6.87. The van der Waals surface area contributed by atoms with E-state index < -0.39 is 4.92 Å². The second kappa shape index (κ2) is 9.32. The van der Waals surface area contributed by atoms with Crippen LogP contribution in [0.2, 0.25) is 0 Å². The third kappa shape index (κ3) is 4.29. The van der Waals surface area contributed by atoms with Gasteiger partial charge in [-0.05, 0) is 73.1 Å². The average molecular weight is 476 g/mol. The van der Waals surface area contributed by atoms with Crippen molar-refractivity contribution in [3.63, 3.8) is 0 Å². The first kappa shape index (κ1) is 22.8. The molecule has 2 aromatic carbocycles. The molecule has 4 atom stereocenters. The summed E-state index contributed by atoms with van der Waals surface area (Å²) in [7, 11) is 0. The molecule has 2 bridgehead atoms. The van der Waals surface area contributed by atoms with Gasteiger partial charge in [0.2, 0.25) is 0 Å². The van der Waals surface area contributed by atoms with Crippen LogP contribution in [0.1, 0.15) is 30.9 Å². The predicted molar refractivity (Wildman–Crippen MR) is 127 cm³/mol. The van der Waals surface area contributed by atoms with Gasteiger partial charge in [0.1, 0.15) is 6.61 Å². The summed E-state index contributed by atoms with van der Waals surface area (Å²) in [5.41, 5.74) is 1.46. The number of rotatable bonds is 8. The number of nitro groups is 1. The van der Waals surface area contributed by atoms with Crippen LogP contribution < -0.4 is 9.47 Å². The van der Waals surface area contributed by atoms with E-state index in [0.717, 1.165) is 23.4 Å². The van der Waals surface area contributed by atoms with Gasteiger partial charge in [0.05, 0.1) is 29.6 Å². The molecule has 0 aromatic heterocycles. The summed E-state index contributed by atoms with van der Waals surface area (Å²) in [6.07, 6.45) is 7.54. The highest BCUT2D eigenvalue weighted by molar-refractivity contribution is 6.06. The molecule has 3 aliphatic carbocycles. The van der Waals surface area contributed by atoms with E-state index in [1.807, 2.05) is 6.92 Å². The Labute approximate surface area is 202 Å². The molecular weight excluding hydrogens is 450 g/mol. The summed E-state index contributed by atoms with van der Waals surface area (Å²) in [5, 5.41) is 16.1. The molecule has 9 nitrogen and oxygen atoms in total. The molecule has 1 heterocycles. The van der Waals surface area contributed by atoms with Gasteiger partial charge in [-0.2, -0.15) is 10.1 Å². The van der Waals surface area contributed by atoms with Crippen LogP contribution in [0.4, 0.5) is 5.69 Å². The van der Waals surface area contributed by atoms with Crippen LogP contribution >= 0.6 is 0 Å². The number of carbonyl (C=O) groups is 2. The zero-order valence-electron chi connectivity index (χ0n) is 19.2. The first-order valence-corrected chi connectivity index (χ1v) is 11.7. The van der Waals surface area contributed by atoms with E-state index in [-0.39, 0.29) is 47.8 Å². The van der Waals surface area contributed by atoms with Crippen LogP contribution in [0.3, 0.4) is 0 Å². The molecular formula is C26H25N3O6. The number of ether oxygens (including phenoxy) is 2. The standard InChI is InChI=1S/C26H25N3O6/c1-2-34-22-13-17(5-12-21(22)35-15-16-3-10-20(11-4-16)29(32)33)14-27-28-25(30)23-18-6-7-19(9-8-18)24(23)26(28)31/h3-7,10-14,18-19,23-24H,2,8-9,15H2,1H3/b27-14-/t18-,19+,23-,24-/m0/s1. The van der Waals surface area contributed by atoms with Gasteiger partial charge in [0.15, 0.2) is 11.5 Å². The minimum Gasteiger partial charge on any atom is -0.490 e. The lowest BCUT2D eigenvalue weighted by Gasteiger charge is -2.37. The van der Waals surface area contributed by atoms with Crippen molar-refractivity contribution in [2.45, 2.75) is 26.4 Å². The monoisotopic (exact) mass is 475 g/mol. The highest BCUT2D eigenvalue weighted by Gasteiger charge is 2.56. The number of hydrazone groups is 1. The lowest BCUT2D eigenvalue weighted by Crippen LogP contribution is -2.38. The van der Waals surface area contributed by atoms with Crippen LogP contribution in [0.5, 0.6) is 11.5 Å². The van der Waals surface area contributed by atoms with Crippen molar-refractivity contribution in [1.29, 1.82) is 0 Å². The van der Waals surface area contributed by atoms with E-state index in [2.05, 4.69) is 17.3 Å². The molecule has 35 heavy (non-hydrogen) atoms. The molecule has 1 saturated heterocycles. The van der Waals surface area contributed by atoms with E-state index >= 15 is 0 Å². The van der Waals surface area contributed by atoms with Crippen LogP contribution in [-0.4, -0.2) is 34.6 Å². The maximum Gasteiger partial charge on any atom is 0.269 e. The number of allylic oxidation sites excluding steroid dienone is 2. The molecule has 2 aromatic rings. The minimum atomic E-state index is -0.448. The highest BCUT2D eigenvalue weighted by atomic mass is 16.6. The fourth-order valence-electron chi connectivity index (χ4n) is 5.16. The molecule has 0 radical (unpaired) electrons. The number of nitrogens with zero attached hydrogens (tertiary/aromatic N) is 3. The minimum absolute atomic E-state index is 0.0190. The van der Waals surface area contributed by atoms with Crippen molar-refractivity contribution in [2.75, 3.05) is 6.61 Å². The molecule has 0 N–H and O–H groups in total. The molecule has 0 unspecified atom stereocenters. The number of carbonyl (C=O) groups excluding carboxylic acids is 2. The Balaban J connectivity index is 1.29. The second-order valence-electron chi connectivity index (χ2n) is 8.93. The normalized spacial score (nSPS) is 24.8. The molecule has 180 valence electrons. The SMILES string of the molecule is CCOc1cc(/C=N\N2C(=O)[C@@H]3[C@@H](C2=O)[C@H]2C=C[C@@H]3CC2)ccc1OCc1ccc([N+](=O)[O-])cc1. The van der Waals surface area contributed by atoms with Gasteiger partial charge in [0, 0.05) is 12.1 Å². The fourth-order valence-corrected chi connectivity index (χ4v) is 5.16. The Hall–Kier alpha value is -4.01. The van der Waals surface area contributed by atoms with Gasteiger partial charge < -0.3 is 9.47 Å². The van der Waals surface area contributed by atoms with Crippen LogP contribution in [0.25, 0.3) is 0 Å². The number of amides is 2. The lowest BCUT2D eigenvalue weighted by atomic mass is 9.63. The van der Waals surface area contributed by atoms with Crippen LogP contribution in [0, 0.1) is 33.8 Å². The average Bonchev–Trinajstić information content (AvgIpc) is 3.15. The molecule has 9 heteroatoms. The van der Waals surface area contributed by atoms with E-state index in [4.69, 9.17) is 9.47 Å². The van der Waals surface area contributed by atoms with Crippen LogP contribution in [-0.2, 0) is 16.2 Å². The quantitative estimate of drug-likeness (QED) is 0.187. The number of hydrogen-bond acceptors (Lipinski definition) is 7. The molecule has 2 amide bonds. The number of non-ortho nitro benzene ring substituents is 1. The molecule has 1 aliphatic heterocycles. The number of benzene rings is 2. The predicted octanol–water partition coefficient (Wildman–Crippen LogP) is 4.10. The van der Waals surface area contributed by atoms with E-state index in [1.165, 1.54) is 18.3 Å². The van der Waals surface area contributed by atoms with Crippen molar-refractivity contribution < 1.29 is 24.0 Å². The summed E-state index contributed by atoms with van der Waals surface area (Å²) in [4.78, 5) is 36.2. The van der Waals surface area contributed by atoms with Crippen LogP contribution in [0.15, 0.2) is 59.7 Å². The van der Waals surface area contributed by atoms with E-state index in [9.17, 15) is 19.7 Å². The zero-order chi connectivity index (χ0) is 24.5. The third-order valence-electron chi connectivity index (χ3n) is 6.87. The van der Waals surface area contributed by atoms with Crippen molar-refractivity contribution in [1.82, 2.24) is 5.01 Å². The van der Waals surface area contributed by atoms with Gasteiger partial charge in [0.25, 0.3) is 17.5 Å². The summed E-state index contributed by atoms with van der Waals surface area (Å²) < 4.78 is 11.6. The largest absolute Gasteiger partial charge is 0.490 e. The number of fused-ring (bicyclic) bond motifs is 1. The van der Waals surface area contributed by atoms with Gasteiger partial charge >= 0.3 is 0 Å². The molecule has 2 fully saturated rings. The highest BCUT2D eigenvalue weighted by Crippen LogP contribution is 2.49. The van der Waals surface area contributed by atoms with Crippen molar-refractivity contribution >= 4 is 23.7 Å². The van der Waals surface area contributed by atoms with Crippen molar-refractivity contribution in [3.05, 3.63) is 75.9 Å². The zero-order valence-corrected chi connectivity index (χ0v) is 19.2. The maximum absolute atomic E-state index is 12.9. The smallest absolute Gasteiger partial charge is 0.269 e. The second-order valence-corrected chi connectivity index (χ2v) is 8.93. The summed E-state index contributed by atoms with van der Waals surface area (Å²) in [6.45, 7) is 2.48. The van der Waals surface area contributed by atoms with Gasteiger partial charge in [-0.3, -0.25) is 19.7 Å². The first-order valence-electron chi connectivity index (χ1n) is 11.7. The van der Waals surface area contributed by atoms with Crippen molar-refractivity contribution in [3.8, 4) is 11.5 Å². The summed E-state index contributed by atoms with van der Waals surface area (Å²) >= 11 is 0. The molecule has 6 rings (SSSR count). The van der Waals surface area contributed by atoms with E-state index in [0.29, 0.717) is 23.7 Å². The topological polar surface area (TPSA) is 111 Å². The number of nitro benzene ring substituents is 1. The molecule has 0 spiro atoms. The maximum atomic E-state index is 12.9. The van der Waals surface area contributed by atoms with E-state index in [1.54, 1.807) is 30.3 Å². The van der Waals surface area contributed by atoms with Gasteiger partial charge in [-0.15, -0.1) is 0 Å². The number of imide groups is 1. The van der Waals surface area contributed by atoms with Gasteiger partial charge in [-0.1, -0.05) is 12.2 Å². The Kier molecular flexibility index (Phi) is 6.07. The Morgan fingerprint density at radius 2 is 1.66 bits per heavy atom. The molecule has 4 aliphatic rings.